The van der Waals surface area contributed by atoms with Crippen LogP contribution in [0.3, 0.4) is 0 Å². The summed E-state index contributed by atoms with van der Waals surface area (Å²) in [6.45, 7) is 3.01. The predicted molar refractivity (Wildman–Crippen MR) is 105 cm³/mol. The van der Waals surface area contributed by atoms with Gasteiger partial charge >= 0.3 is 0 Å². The number of carbonyl (C=O) groups is 1. The normalized spacial score (nSPS) is 12.3. The van der Waals surface area contributed by atoms with Gasteiger partial charge in [0.15, 0.2) is 0 Å². The van der Waals surface area contributed by atoms with E-state index in [2.05, 4.69) is 5.32 Å². The van der Waals surface area contributed by atoms with Gasteiger partial charge in [-0.05, 0) is 37.6 Å². The van der Waals surface area contributed by atoms with Gasteiger partial charge in [-0.1, -0.05) is 23.7 Å². The maximum Gasteiger partial charge on any atom is 0.271 e. The van der Waals surface area contributed by atoms with E-state index < -0.39 is 26.9 Å². The lowest BCUT2D eigenvalue weighted by Crippen LogP contribution is -2.45. The van der Waals surface area contributed by atoms with Crippen molar-refractivity contribution >= 4 is 44.6 Å². The number of non-ortho nitro benzene ring substituents is 1. The summed E-state index contributed by atoms with van der Waals surface area (Å²) >= 11 is 5.89. The summed E-state index contributed by atoms with van der Waals surface area (Å²) < 4.78 is 25.6. The number of nitro groups is 1. The molecule has 27 heavy (non-hydrogen) atoms. The molecule has 0 fully saturated rings. The van der Waals surface area contributed by atoms with Crippen LogP contribution in [0.4, 0.5) is 17.1 Å². The Kier molecular flexibility index (Phi) is 6.07. The van der Waals surface area contributed by atoms with Crippen LogP contribution < -0.4 is 9.62 Å². The number of anilines is 2. The average molecular weight is 412 g/mol. The number of nitrogens with zero attached hydrogens (tertiary/aromatic N) is 2. The molecule has 0 aliphatic carbocycles. The van der Waals surface area contributed by atoms with Crippen molar-refractivity contribution in [2.45, 2.75) is 19.9 Å². The van der Waals surface area contributed by atoms with Crippen molar-refractivity contribution in [2.24, 2.45) is 0 Å². The van der Waals surface area contributed by atoms with Gasteiger partial charge in [0.2, 0.25) is 15.9 Å². The Hall–Kier alpha value is -2.65. The Morgan fingerprint density at radius 1 is 1.26 bits per heavy atom. The van der Waals surface area contributed by atoms with Crippen LogP contribution in [0.25, 0.3) is 0 Å². The molecular weight excluding hydrogens is 394 g/mol. The Bertz CT molecular complexity index is 994. The van der Waals surface area contributed by atoms with Crippen LogP contribution in [0.5, 0.6) is 0 Å². The van der Waals surface area contributed by atoms with Crippen molar-refractivity contribution in [3.05, 3.63) is 63.2 Å². The van der Waals surface area contributed by atoms with Crippen LogP contribution in [0.2, 0.25) is 5.02 Å². The zero-order valence-electron chi connectivity index (χ0n) is 14.8. The number of nitro benzene ring substituents is 1. The second-order valence-electron chi connectivity index (χ2n) is 5.96. The molecule has 0 aliphatic rings. The van der Waals surface area contributed by atoms with Crippen molar-refractivity contribution in [2.75, 3.05) is 15.9 Å². The summed E-state index contributed by atoms with van der Waals surface area (Å²) in [6, 6.07) is 9.11. The Labute approximate surface area is 162 Å². The first-order valence-electron chi connectivity index (χ1n) is 7.81. The van der Waals surface area contributed by atoms with E-state index in [1.54, 1.807) is 25.1 Å². The van der Waals surface area contributed by atoms with Gasteiger partial charge in [0.25, 0.3) is 5.69 Å². The summed E-state index contributed by atoms with van der Waals surface area (Å²) in [4.78, 5) is 23.1. The molecule has 10 heteroatoms. The number of amides is 1. The van der Waals surface area contributed by atoms with Gasteiger partial charge in [-0.25, -0.2) is 8.42 Å². The second-order valence-corrected chi connectivity index (χ2v) is 8.26. The van der Waals surface area contributed by atoms with Gasteiger partial charge in [0.1, 0.15) is 6.04 Å². The van der Waals surface area contributed by atoms with E-state index in [1.165, 1.54) is 25.1 Å². The van der Waals surface area contributed by atoms with Crippen LogP contribution in [0.15, 0.2) is 42.5 Å². The van der Waals surface area contributed by atoms with E-state index in [9.17, 15) is 23.3 Å². The molecule has 0 bridgehead atoms. The summed E-state index contributed by atoms with van der Waals surface area (Å²) in [7, 11) is -3.90. The monoisotopic (exact) mass is 411 g/mol. The average Bonchev–Trinajstić information content (AvgIpc) is 2.55. The molecule has 0 radical (unpaired) electrons. The number of hydrogen-bond donors (Lipinski definition) is 1. The number of halogens is 1. The quantitative estimate of drug-likeness (QED) is 0.579. The topological polar surface area (TPSA) is 110 Å². The maximum atomic E-state index is 12.6. The smallest absolute Gasteiger partial charge is 0.271 e. The molecule has 144 valence electrons. The highest BCUT2D eigenvalue weighted by atomic mass is 35.5. The van der Waals surface area contributed by atoms with Crippen LogP contribution >= 0.6 is 11.6 Å². The molecule has 1 amide bonds. The molecule has 0 spiro atoms. The van der Waals surface area contributed by atoms with Crippen LogP contribution in [-0.4, -0.2) is 31.5 Å². The molecule has 0 heterocycles. The molecule has 2 rings (SSSR count). The number of sulfonamides is 1. The SMILES string of the molecule is Cc1ccc([N+](=O)[O-])cc1N([C@H](C)C(=O)Nc1cccc(Cl)c1)S(C)(=O)=O. The minimum Gasteiger partial charge on any atom is -0.324 e. The Morgan fingerprint density at radius 2 is 1.93 bits per heavy atom. The van der Waals surface area contributed by atoms with Crippen molar-refractivity contribution in [3.8, 4) is 0 Å². The molecule has 8 nitrogen and oxygen atoms in total. The highest BCUT2D eigenvalue weighted by molar-refractivity contribution is 7.92. The minimum absolute atomic E-state index is 0.0699. The molecule has 0 saturated carbocycles. The Morgan fingerprint density at radius 3 is 2.48 bits per heavy atom. The molecule has 1 N–H and O–H groups in total. The summed E-state index contributed by atoms with van der Waals surface area (Å²) in [6.07, 6.45) is 0.939. The van der Waals surface area contributed by atoms with E-state index in [1.807, 2.05) is 0 Å². The van der Waals surface area contributed by atoms with E-state index in [0.717, 1.165) is 16.6 Å². The third-order valence-corrected chi connectivity index (χ3v) is 5.28. The molecule has 2 aromatic carbocycles. The minimum atomic E-state index is -3.90. The number of benzene rings is 2. The van der Waals surface area contributed by atoms with Crippen molar-refractivity contribution in [3.63, 3.8) is 0 Å². The van der Waals surface area contributed by atoms with Gasteiger partial charge < -0.3 is 5.32 Å². The highest BCUT2D eigenvalue weighted by Gasteiger charge is 2.31. The molecule has 2 aromatic rings. The number of aryl methyl sites for hydroxylation is 1. The third kappa shape index (κ3) is 4.95. The number of carbonyl (C=O) groups excluding carboxylic acids is 1. The number of nitrogens with one attached hydrogen (secondary N) is 1. The van der Waals surface area contributed by atoms with Gasteiger partial charge in [-0.15, -0.1) is 0 Å². The zero-order chi connectivity index (χ0) is 20.4. The third-order valence-electron chi connectivity index (χ3n) is 3.82. The second kappa shape index (κ2) is 7.93. The van der Waals surface area contributed by atoms with Crippen molar-refractivity contribution < 1.29 is 18.1 Å². The fourth-order valence-corrected chi connectivity index (χ4v) is 3.96. The number of rotatable bonds is 6. The predicted octanol–water partition coefficient (Wildman–Crippen LogP) is 3.35. The molecule has 0 aliphatic heterocycles. The first kappa shape index (κ1) is 20.7. The van der Waals surface area contributed by atoms with Crippen molar-refractivity contribution in [1.29, 1.82) is 0 Å². The summed E-state index contributed by atoms with van der Waals surface area (Å²) in [5.41, 5.74) is 0.684. The zero-order valence-corrected chi connectivity index (χ0v) is 16.4. The van der Waals surface area contributed by atoms with Crippen LogP contribution in [0, 0.1) is 17.0 Å². The van der Waals surface area contributed by atoms with Crippen LogP contribution in [-0.2, 0) is 14.8 Å². The van der Waals surface area contributed by atoms with Gasteiger partial charge in [0.05, 0.1) is 16.9 Å². The molecule has 0 unspecified atom stereocenters. The van der Waals surface area contributed by atoms with E-state index in [4.69, 9.17) is 11.6 Å². The largest absolute Gasteiger partial charge is 0.324 e. The molecular formula is C17H18ClN3O5S. The fraction of sp³-hybridized carbons (Fsp3) is 0.235. The van der Waals surface area contributed by atoms with Crippen molar-refractivity contribution in [1.82, 2.24) is 0 Å². The van der Waals surface area contributed by atoms with E-state index >= 15 is 0 Å². The fourth-order valence-electron chi connectivity index (χ4n) is 2.54. The molecule has 0 aromatic heterocycles. The lowest BCUT2D eigenvalue weighted by molar-refractivity contribution is -0.384. The van der Waals surface area contributed by atoms with Gasteiger partial charge in [-0.2, -0.15) is 0 Å². The highest BCUT2D eigenvalue weighted by Crippen LogP contribution is 2.29. The number of hydrogen-bond acceptors (Lipinski definition) is 5. The lowest BCUT2D eigenvalue weighted by Gasteiger charge is -2.29. The summed E-state index contributed by atoms with van der Waals surface area (Å²) in [5.74, 6) is -0.603. The molecule has 1 atom stereocenters. The van der Waals surface area contributed by atoms with E-state index in [0.29, 0.717) is 16.3 Å². The van der Waals surface area contributed by atoms with Gasteiger partial charge in [-0.3, -0.25) is 19.2 Å². The van der Waals surface area contributed by atoms with Crippen LogP contribution in [0.1, 0.15) is 12.5 Å². The standard InChI is InChI=1S/C17H18ClN3O5S/c1-11-7-8-15(21(23)24)10-16(11)20(27(3,25)26)12(2)17(22)19-14-6-4-5-13(18)9-14/h4-10,12H,1-3H3,(H,19,22)/t12-/m1/s1. The lowest BCUT2D eigenvalue weighted by atomic mass is 10.1. The van der Waals surface area contributed by atoms with E-state index in [-0.39, 0.29) is 11.4 Å². The van der Waals surface area contributed by atoms with Gasteiger partial charge in [0, 0.05) is 22.8 Å². The first-order valence-corrected chi connectivity index (χ1v) is 10.0. The maximum absolute atomic E-state index is 12.6. The Balaban J connectivity index is 2.44. The first-order chi connectivity index (χ1) is 12.5. The molecule has 0 saturated heterocycles. The summed E-state index contributed by atoms with van der Waals surface area (Å²) in [5, 5.41) is 14.1.